The maximum absolute atomic E-state index is 13.3. The number of carbonyl (C=O) groups is 4. The molecule has 5 amide bonds. The fourth-order valence-corrected chi connectivity index (χ4v) is 3.88. The second-order valence-electron chi connectivity index (χ2n) is 8.13. The van der Waals surface area contributed by atoms with Crippen LogP contribution in [0.1, 0.15) is 24.3 Å². The Labute approximate surface area is 203 Å². The predicted octanol–water partition coefficient (Wildman–Crippen LogP) is -2.50. The number of hydrogen-bond donors (Lipinski definition) is 6. The SMILES string of the molecule is CCN1CCN(C(=O)N[C@H](C(=O)N[C@H]2Cc3cccc(C(O)O)c3OB2O)[C@H](O)C(F)F)C(=O)C1=O. The third-order valence-corrected chi connectivity index (χ3v) is 5.85. The van der Waals surface area contributed by atoms with Gasteiger partial charge in [-0.1, -0.05) is 18.2 Å². The van der Waals surface area contributed by atoms with Crippen LogP contribution in [0.5, 0.6) is 5.75 Å². The van der Waals surface area contributed by atoms with Crippen LogP contribution in [0.4, 0.5) is 13.6 Å². The summed E-state index contributed by atoms with van der Waals surface area (Å²) in [7, 11) is -1.75. The molecule has 0 bridgehead atoms. The molecule has 0 spiro atoms. The fraction of sp³-hybridized carbons (Fsp3) is 0.500. The third-order valence-electron chi connectivity index (χ3n) is 5.85. The van der Waals surface area contributed by atoms with E-state index < -0.39 is 61.7 Å². The number of urea groups is 1. The lowest BCUT2D eigenvalue weighted by atomic mass is 9.72. The van der Waals surface area contributed by atoms with Crippen molar-refractivity contribution in [3.63, 3.8) is 0 Å². The standard InChI is InChI=1S/C20H25BF2N4O9/c1-2-26-6-7-27(18(31)17(26)30)20(34)25-12(13(28)15(22)23)16(29)24-11-8-9-4-3-5-10(19(32)33)14(9)36-21(11)35/h3-5,11-13,15,19,28,32-33,35H,2,6-8H2,1H3,(H,24,29)(H,25,34)/t11-,12-,13-/m0/s1. The highest BCUT2D eigenvalue weighted by molar-refractivity contribution is 6.47. The number of nitrogens with one attached hydrogen (secondary N) is 2. The van der Waals surface area contributed by atoms with Gasteiger partial charge in [-0.2, -0.15) is 0 Å². The van der Waals surface area contributed by atoms with Crippen molar-refractivity contribution in [2.24, 2.45) is 0 Å². The van der Waals surface area contributed by atoms with E-state index in [1.807, 2.05) is 5.32 Å². The second kappa shape index (κ2) is 11.2. The predicted molar refractivity (Wildman–Crippen MR) is 116 cm³/mol. The molecule has 0 radical (unpaired) electrons. The number of piperazine rings is 1. The summed E-state index contributed by atoms with van der Waals surface area (Å²) in [6.45, 7) is 1.57. The third kappa shape index (κ3) is 5.56. The maximum atomic E-state index is 13.3. The minimum absolute atomic E-state index is 0.00169. The first-order chi connectivity index (χ1) is 17.0. The van der Waals surface area contributed by atoms with Crippen molar-refractivity contribution >= 4 is 30.9 Å². The number of alkyl halides is 2. The van der Waals surface area contributed by atoms with Crippen molar-refractivity contribution < 1.29 is 53.0 Å². The van der Waals surface area contributed by atoms with Crippen LogP contribution in [0, 0.1) is 0 Å². The van der Waals surface area contributed by atoms with E-state index in [1.165, 1.54) is 23.1 Å². The highest BCUT2D eigenvalue weighted by atomic mass is 19.3. The summed E-state index contributed by atoms with van der Waals surface area (Å²) >= 11 is 0. The molecule has 2 aliphatic rings. The second-order valence-corrected chi connectivity index (χ2v) is 8.13. The summed E-state index contributed by atoms with van der Waals surface area (Å²) in [5.41, 5.74) is 0.307. The number of hydrogen-bond acceptors (Lipinski definition) is 9. The smallest absolute Gasteiger partial charge is 0.534 e. The lowest BCUT2D eigenvalue weighted by molar-refractivity contribution is -0.153. The molecule has 0 unspecified atom stereocenters. The summed E-state index contributed by atoms with van der Waals surface area (Å²) in [4.78, 5) is 51.3. The lowest BCUT2D eigenvalue weighted by Crippen LogP contribution is -2.64. The van der Waals surface area contributed by atoms with Crippen molar-refractivity contribution in [1.82, 2.24) is 20.4 Å². The Morgan fingerprint density at radius 3 is 2.50 bits per heavy atom. The summed E-state index contributed by atoms with van der Waals surface area (Å²) in [6.07, 6.45) is -8.20. The van der Waals surface area contributed by atoms with Gasteiger partial charge in [-0.25, -0.2) is 13.6 Å². The molecule has 2 aliphatic heterocycles. The van der Waals surface area contributed by atoms with Crippen LogP contribution < -0.4 is 15.3 Å². The minimum atomic E-state index is -3.47. The van der Waals surface area contributed by atoms with Gasteiger partial charge in [-0.05, 0) is 18.9 Å². The summed E-state index contributed by atoms with van der Waals surface area (Å²) in [5.74, 6) is -4.80. The Morgan fingerprint density at radius 2 is 1.89 bits per heavy atom. The van der Waals surface area contributed by atoms with Gasteiger partial charge in [-0.3, -0.25) is 19.3 Å². The lowest BCUT2D eigenvalue weighted by Gasteiger charge is -2.34. The average Bonchev–Trinajstić information content (AvgIpc) is 2.83. The van der Waals surface area contributed by atoms with Gasteiger partial charge in [0.15, 0.2) is 6.29 Å². The van der Waals surface area contributed by atoms with Crippen molar-refractivity contribution in [1.29, 1.82) is 0 Å². The van der Waals surface area contributed by atoms with Gasteiger partial charge in [0.25, 0.3) is 6.43 Å². The van der Waals surface area contributed by atoms with E-state index in [0.29, 0.717) is 10.5 Å². The molecule has 6 N–H and O–H groups in total. The van der Waals surface area contributed by atoms with Crippen LogP contribution in [0.25, 0.3) is 0 Å². The topological polar surface area (TPSA) is 189 Å². The van der Waals surface area contributed by atoms with Gasteiger partial charge < -0.3 is 40.5 Å². The maximum Gasteiger partial charge on any atom is 0.547 e. The molecule has 1 aromatic rings. The average molecular weight is 514 g/mol. The molecule has 3 atom stereocenters. The number of aliphatic hydroxyl groups is 3. The highest BCUT2D eigenvalue weighted by Crippen LogP contribution is 2.33. The van der Waals surface area contributed by atoms with Crippen LogP contribution in [-0.2, 0) is 20.8 Å². The molecule has 16 heteroatoms. The van der Waals surface area contributed by atoms with E-state index in [-0.39, 0.29) is 37.4 Å². The van der Waals surface area contributed by atoms with Crippen LogP contribution in [-0.4, -0.2) is 105 Å². The molecular weight excluding hydrogens is 489 g/mol. The Kier molecular flexibility index (Phi) is 8.45. The molecule has 1 aromatic carbocycles. The number of imide groups is 1. The van der Waals surface area contributed by atoms with E-state index in [0.717, 1.165) is 0 Å². The monoisotopic (exact) mass is 514 g/mol. The fourth-order valence-electron chi connectivity index (χ4n) is 3.88. The molecule has 1 saturated heterocycles. The molecule has 0 aromatic heterocycles. The Morgan fingerprint density at radius 1 is 1.19 bits per heavy atom. The largest absolute Gasteiger partial charge is 0.547 e. The van der Waals surface area contributed by atoms with Gasteiger partial charge in [0.05, 0.1) is 5.94 Å². The number of fused-ring (bicyclic) bond motifs is 1. The van der Waals surface area contributed by atoms with E-state index >= 15 is 0 Å². The number of amides is 5. The van der Waals surface area contributed by atoms with Gasteiger partial charge in [-0.15, -0.1) is 0 Å². The first-order valence-electron chi connectivity index (χ1n) is 11.0. The van der Waals surface area contributed by atoms with E-state index in [2.05, 4.69) is 5.32 Å². The number of halogens is 2. The van der Waals surface area contributed by atoms with Crippen LogP contribution in [0.3, 0.4) is 0 Å². The zero-order chi connectivity index (χ0) is 26.7. The van der Waals surface area contributed by atoms with Crippen LogP contribution in [0.2, 0.25) is 0 Å². The van der Waals surface area contributed by atoms with Gasteiger partial charge in [0, 0.05) is 25.2 Å². The van der Waals surface area contributed by atoms with E-state index in [9.17, 15) is 48.3 Å². The molecule has 36 heavy (non-hydrogen) atoms. The number of nitrogens with zero attached hydrogens (tertiary/aromatic N) is 2. The number of rotatable bonds is 7. The van der Waals surface area contributed by atoms with E-state index in [4.69, 9.17) is 4.65 Å². The van der Waals surface area contributed by atoms with Gasteiger partial charge in [0.2, 0.25) is 5.91 Å². The Balaban J connectivity index is 1.75. The number of para-hydroxylation sites is 1. The molecule has 2 heterocycles. The summed E-state index contributed by atoms with van der Waals surface area (Å²) < 4.78 is 31.9. The van der Waals surface area contributed by atoms with Gasteiger partial charge in [0.1, 0.15) is 17.9 Å². The zero-order valence-corrected chi connectivity index (χ0v) is 19.0. The van der Waals surface area contributed by atoms with Crippen molar-refractivity contribution in [2.75, 3.05) is 19.6 Å². The zero-order valence-electron chi connectivity index (χ0n) is 19.0. The summed E-state index contributed by atoms with van der Waals surface area (Å²) in [5, 5.41) is 43.2. The molecule has 13 nitrogen and oxygen atoms in total. The molecule has 196 valence electrons. The number of carbonyl (C=O) groups excluding carboxylic acids is 4. The number of benzene rings is 1. The van der Waals surface area contributed by atoms with Crippen molar-refractivity contribution in [3.8, 4) is 5.75 Å². The Bertz CT molecular complexity index is 1030. The van der Waals surface area contributed by atoms with E-state index in [1.54, 1.807) is 6.92 Å². The molecule has 1 fully saturated rings. The van der Waals surface area contributed by atoms with Gasteiger partial charge >= 0.3 is 25.0 Å². The normalized spacial score (nSPS) is 19.7. The highest BCUT2D eigenvalue weighted by Gasteiger charge is 2.43. The quantitative estimate of drug-likeness (QED) is 0.130. The molecule has 0 saturated carbocycles. The van der Waals surface area contributed by atoms with Crippen LogP contribution >= 0.6 is 0 Å². The Hall–Kier alpha value is -3.34. The van der Waals surface area contributed by atoms with Crippen molar-refractivity contribution in [2.45, 2.75) is 44.1 Å². The molecular formula is C20H25BF2N4O9. The first-order valence-corrected chi connectivity index (χ1v) is 11.0. The number of likely N-dealkylation sites (N-methyl/N-ethyl adjacent to an activating group) is 1. The minimum Gasteiger partial charge on any atom is -0.534 e. The summed E-state index contributed by atoms with van der Waals surface area (Å²) in [6, 6.07) is 0.720. The van der Waals surface area contributed by atoms with Crippen molar-refractivity contribution in [3.05, 3.63) is 29.3 Å². The molecule has 0 aliphatic carbocycles. The molecule has 3 rings (SSSR count). The first kappa shape index (κ1) is 27.3. The van der Waals surface area contributed by atoms with Crippen LogP contribution in [0.15, 0.2) is 18.2 Å². The number of aliphatic hydroxyl groups excluding tert-OH is 2.